The van der Waals surface area contributed by atoms with Gasteiger partial charge >= 0.3 is 0 Å². The number of nitrogens with zero attached hydrogens (tertiary/aromatic N) is 3. The third-order valence-electron chi connectivity index (χ3n) is 5.11. The predicted molar refractivity (Wildman–Crippen MR) is 112 cm³/mol. The Morgan fingerprint density at radius 3 is 2.69 bits per heavy atom. The minimum absolute atomic E-state index is 0.0256. The van der Waals surface area contributed by atoms with Gasteiger partial charge in [-0.3, -0.25) is 19.7 Å². The lowest BCUT2D eigenvalue weighted by molar-refractivity contribution is -0.385. The molecule has 29 heavy (non-hydrogen) atoms. The normalized spacial score (nSPS) is 16.1. The molecule has 0 aliphatic carbocycles. The van der Waals surface area contributed by atoms with E-state index in [9.17, 15) is 19.7 Å². The number of likely N-dealkylation sites (N-methyl/N-ethyl adjacent to an activating group) is 1. The van der Waals surface area contributed by atoms with Gasteiger partial charge in [-0.25, -0.2) is 0 Å². The number of rotatable bonds is 6. The lowest BCUT2D eigenvalue weighted by atomic mass is 10.1. The van der Waals surface area contributed by atoms with Crippen LogP contribution >= 0.6 is 22.9 Å². The molecule has 2 heterocycles. The molecular formula is C20H22ClN3O4S. The SMILES string of the molecule is CCN(Cc1ccc(Cl)s1)C(=O)C1CCCN1C(=O)c1ccc([N+](=O)[O-])c(C)c1. The summed E-state index contributed by atoms with van der Waals surface area (Å²) in [6, 6.07) is 7.51. The van der Waals surface area contributed by atoms with E-state index in [1.54, 1.807) is 16.7 Å². The topological polar surface area (TPSA) is 83.8 Å². The van der Waals surface area contributed by atoms with Gasteiger partial charge in [-0.15, -0.1) is 11.3 Å². The number of carbonyl (C=O) groups excluding carboxylic acids is 2. The van der Waals surface area contributed by atoms with E-state index in [0.29, 0.717) is 41.5 Å². The first-order chi connectivity index (χ1) is 13.8. The Hall–Kier alpha value is -2.45. The number of nitro groups is 1. The van der Waals surface area contributed by atoms with Gasteiger partial charge in [0.15, 0.2) is 0 Å². The van der Waals surface area contributed by atoms with Crippen LogP contribution in [0.1, 0.15) is 40.6 Å². The van der Waals surface area contributed by atoms with Crippen molar-refractivity contribution in [2.45, 2.75) is 39.3 Å². The van der Waals surface area contributed by atoms with Crippen molar-refractivity contribution in [3.63, 3.8) is 0 Å². The standard InChI is InChI=1S/C20H22ClN3O4S/c1-3-22(12-15-7-9-18(21)29-15)20(26)17-5-4-10-23(17)19(25)14-6-8-16(24(27)28)13(2)11-14/h6-9,11,17H,3-5,10,12H2,1-2H3. The van der Waals surface area contributed by atoms with Crippen LogP contribution in [0.15, 0.2) is 30.3 Å². The first-order valence-electron chi connectivity index (χ1n) is 9.40. The fourth-order valence-corrected chi connectivity index (χ4v) is 4.71. The zero-order valence-corrected chi connectivity index (χ0v) is 17.8. The first kappa shape index (κ1) is 21.3. The second-order valence-electron chi connectivity index (χ2n) is 6.97. The summed E-state index contributed by atoms with van der Waals surface area (Å²) in [5, 5.41) is 11.0. The molecule has 1 unspecified atom stereocenters. The van der Waals surface area contributed by atoms with E-state index in [2.05, 4.69) is 0 Å². The van der Waals surface area contributed by atoms with Crippen molar-refractivity contribution in [1.82, 2.24) is 9.80 Å². The zero-order valence-electron chi connectivity index (χ0n) is 16.3. The van der Waals surface area contributed by atoms with Gasteiger partial charge in [0.25, 0.3) is 11.6 Å². The summed E-state index contributed by atoms with van der Waals surface area (Å²) in [5.41, 5.74) is 0.760. The fourth-order valence-electron chi connectivity index (χ4n) is 3.61. The molecule has 3 rings (SSSR count). The van der Waals surface area contributed by atoms with Gasteiger partial charge in [0.2, 0.25) is 5.91 Å². The van der Waals surface area contributed by atoms with Crippen LogP contribution < -0.4 is 0 Å². The molecule has 0 spiro atoms. The number of halogens is 1. The van der Waals surface area contributed by atoms with Crippen LogP contribution in [-0.4, -0.2) is 45.7 Å². The number of hydrogen-bond donors (Lipinski definition) is 0. The number of likely N-dealkylation sites (tertiary alicyclic amines) is 1. The number of benzene rings is 1. The molecule has 0 N–H and O–H groups in total. The molecule has 1 atom stereocenters. The molecule has 1 aliphatic heterocycles. The van der Waals surface area contributed by atoms with E-state index < -0.39 is 11.0 Å². The molecule has 1 aromatic carbocycles. The maximum Gasteiger partial charge on any atom is 0.272 e. The summed E-state index contributed by atoms with van der Waals surface area (Å²) in [4.78, 5) is 41.1. The summed E-state index contributed by atoms with van der Waals surface area (Å²) in [5.74, 6) is -0.351. The zero-order chi connectivity index (χ0) is 21.1. The van der Waals surface area contributed by atoms with Crippen molar-refractivity contribution in [3.05, 3.63) is 60.8 Å². The van der Waals surface area contributed by atoms with Crippen molar-refractivity contribution in [3.8, 4) is 0 Å². The van der Waals surface area contributed by atoms with E-state index in [-0.39, 0.29) is 17.5 Å². The highest BCUT2D eigenvalue weighted by Gasteiger charge is 2.37. The minimum atomic E-state index is -0.520. The maximum absolute atomic E-state index is 13.2. The molecule has 1 aromatic heterocycles. The van der Waals surface area contributed by atoms with Gasteiger partial charge in [-0.2, -0.15) is 0 Å². The molecule has 0 radical (unpaired) electrons. The van der Waals surface area contributed by atoms with E-state index in [4.69, 9.17) is 11.6 Å². The maximum atomic E-state index is 13.2. The van der Waals surface area contributed by atoms with Gasteiger partial charge in [0, 0.05) is 35.2 Å². The molecular weight excluding hydrogens is 414 g/mol. The molecule has 0 saturated carbocycles. The molecule has 2 aromatic rings. The van der Waals surface area contributed by atoms with E-state index in [1.165, 1.54) is 29.5 Å². The second-order valence-corrected chi connectivity index (χ2v) is 8.77. The molecule has 1 fully saturated rings. The van der Waals surface area contributed by atoms with E-state index in [0.717, 1.165) is 11.3 Å². The predicted octanol–water partition coefficient (Wildman–Crippen LogP) is 4.27. The van der Waals surface area contributed by atoms with Crippen LogP contribution in [0.3, 0.4) is 0 Å². The third kappa shape index (κ3) is 4.59. The molecule has 1 aliphatic rings. The summed E-state index contributed by atoms with van der Waals surface area (Å²) in [6.07, 6.45) is 1.36. The van der Waals surface area contributed by atoms with Crippen LogP contribution in [0.5, 0.6) is 0 Å². The van der Waals surface area contributed by atoms with Crippen LogP contribution in [0.4, 0.5) is 5.69 Å². The van der Waals surface area contributed by atoms with Gasteiger partial charge in [-0.1, -0.05) is 11.6 Å². The van der Waals surface area contributed by atoms with Crippen molar-refractivity contribution in [2.24, 2.45) is 0 Å². The van der Waals surface area contributed by atoms with Gasteiger partial charge < -0.3 is 9.80 Å². The fraction of sp³-hybridized carbons (Fsp3) is 0.400. The highest BCUT2D eigenvalue weighted by Crippen LogP contribution is 2.27. The Labute approximate surface area is 178 Å². The Kier molecular flexibility index (Phi) is 6.54. The summed E-state index contributed by atoms with van der Waals surface area (Å²) >= 11 is 7.43. The molecule has 0 bridgehead atoms. The first-order valence-corrected chi connectivity index (χ1v) is 10.6. The average molecular weight is 436 g/mol. The van der Waals surface area contributed by atoms with E-state index in [1.807, 2.05) is 19.1 Å². The number of carbonyl (C=O) groups is 2. The Morgan fingerprint density at radius 2 is 2.10 bits per heavy atom. The monoisotopic (exact) mass is 435 g/mol. The van der Waals surface area contributed by atoms with Crippen molar-refractivity contribution < 1.29 is 14.5 Å². The lowest BCUT2D eigenvalue weighted by Gasteiger charge is -2.29. The number of nitro benzene ring substituents is 1. The second kappa shape index (κ2) is 8.92. The van der Waals surface area contributed by atoms with Crippen molar-refractivity contribution in [2.75, 3.05) is 13.1 Å². The third-order valence-corrected chi connectivity index (χ3v) is 6.32. The number of thiophene rings is 1. The Bertz CT molecular complexity index is 946. The smallest absolute Gasteiger partial charge is 0.272 e. The van der Waals surface area contributed by atoms with Gasteiger partial charge in [0.05, 0.1) is 15.8 Å². The Morgan fingerprint density at radius 1 is 1.34 bits per heavy atom. The Balaban J connectivity index is 1.77. The molecule has 1 saturated heterocycles. The molecule has 7 nitrogen and oxygen atoms in total. The molecule has 2 amide bonds. The summed E-state index contributed by atoms with van der Waals surface area (Å²) in [6.45, 7) is 5.00. The number of hydrogen-bond acceptors (Lipinski definition) is 5. The van der Waals surface area contributed by atoms with Crippen LogP contribution in [0, 0.1) is 17.0 Å². The lowest BCUT2D eigenvalue weighted by Crippen LogP contribution is -2.47. The van der Waals surface area contributed by atoms with Crippen LogP contribution in [0.2, 0.25) is 4.34 Å². The quantitative estimate of drug-likeness (QED) is 0.501. The van der Waals surface area contributed by atoms with Crippen LogP contribution in [-0.2, 0) is 11.3 Å². The molecule has 154 valence electrons. The number of aryl methyl sites for hydroxylation is 1. The minimum Gasteiger partial charge on any atom is -0.336 e. The summed E-state index contributed by atoms with van der Waals surface area (Å²) in [7, 11) is 0. The van der Waals surface area contributed by atoms with Gasteiger partial charge in [0.1, 0.15) is 6.04 Å². The average Bonchev–Trinajstić information content (AvgIpc) is 3.33. The van der Waals surface area contributed by atoms with E-state index >= 15 is 0 Å². The van der Waals surface area contributed by atoms with Crippen molar-refractivity contribution >= 4 is 40.4 Å². The highest BCUT2D eigenvalue weighted by atomic mass is 35.5. The number of amides is 2. The summed E-state index contributed by atoms with van der Waals surface area (Å²) < 4.78 is 0.676. The molecule has 9 heteroatoms. The largest absolute Gasteiger partial charge is 0.336 e. The van der Waals surface area contributed by atoms with Crippen LogP contribution in [0.25, 0.3) is 0 Å². The highest BCUT2D eigenvalue weighted by molar-refractivity contribution is 7.16. The van der Waals surface area contributed by atoms with Crippen molar-refractivity contribution in [1.29, 1.82) is 0 Å². The van der Waals surface area contributed by atoms with Gasteiger partial charge in [-0.05, 0) is 51.0 Å².